The lowest BCUT2D eigenvalue weighted by molar-refractivity contribution is 0.112. The Morgan fingerprint density at radius 3 is 2.32 bits per heavy atom. The lowest BCUT2D eigenvalue weighted by Gasteiger charge is -2.15. The van der Waals surface area contributed by atoms with E-state index < -0.39 is 6.09 Å². The van der Waals surface area contributed by atoms with E-state index >= 15 is 0 Å². The highest BCUT2D eigenvalue weighted by molar-refractivity contribution is 5.75. The maximum absolute atomic E-state index is 10.8. The Morgan fingerprint density at radius 2 is 1.68 bits per heavy atom. The van der Waals surface area contributed by atoms with Crippen molar-refractivity contribution in [1.29, 1.82) is 0 Å². The van der Waals surface area contributed by atoms with Crippen molar-refractivity contribution in [3.8, 4) is 22.6 Å². The maximum Gasteiger partial charge on any atom is 0.404 e. The molecule has 3 rings (SSSR count). The SMILES string of the molecule is Cc1cc(OCCNC(=O)O)cc(C)c1-c1cccc(COc2ccc(C=O)cc2)c1. The normalized spacial score (nSPS) is 10.4. The lowest BCUT2D eigenvalue weighted by Crippen LogP contribution is -2.26. The van der Waals surface area contributed by atoms with Crippen molar-refractivity contribution in [2.45, 2.75) is 20.5 Å². The summed E-state index contributed by atoms with van der Waals surface area (Å²) in [5, 5.41) is 10.9. The van der Waals surface area contributed by atoms with Crippen LogP contribution in [0.3, 0.4) is 0 Å². The Bertz CT molecular complexity index is 1040. The van der Waals surface area contributed by atoms with E-state index in [0.29, 0.717) is 23.7 Å². The van der Waals surface area contributed by atoms with Crippen molar-refractivity contribution in [3.63, 3.8) is 0 Å². The summed E-state index contributed by atoms with van der Waals surface area (Å²) in [5.74, 6) is 1.42. The van der Waals surface area contributed by atoms with Crippen LogP contribution in [0.5, 0.6) is 11.5 Å². The predicted octanol–water partition coefficient (Wildman–Crippen LogP) is 5.01. The molecule has 1 amide bonds. The van der Waals surface area contributed by atoms with Gasteiger partial charge in [-0.05, 0) is 84.1 Å². The number of aryl methyl sites for hydroxylation is 2. The molecule has 0 radical (unpaired) electrons. The van der Waals surface area contributed by atoms with Gasteiger partial charge in [0.05, 0.1) is 6.54 Å². The van der Waals surface area contributed by atoms with Crippen molar-refractivity contribution in [2.75, 3.05) is 13.2 Å². The van der Waals surface area contributed by atoms with Crippen molar-refractivity contribution in [1.82, 2.24) is 5.32 Å². The third-order valence-corrected chi connectivity index (χ3v) is 4.79. The van der Waals surface area contributed by atoms with Crippen LogP contribution in [-0.2, 0) is 6.61 Å². The minimum Gasteiger partial charge on any atom is -0.492 e. The number of rotatable bonds is 9. The van der Waals surface area contributed by atoms with Gasteiger partial charge >= 0.3 is 6.09 Å². The Kier molecular flexibility index (Phi) is 7.27. The summed E-state index contributed by atoms with van der Waals surface area (Å²) in [6, 6.07) is 19.1. The molecule has 6 heteroatoms. The Hall–Kier alpha value is -3.80. The number of nitrogens with one attached hydrogen (secondary N) is 1. The van der Waals surface area contributed by atoms with Crippen molar-refractivity contribution in [3.05, 3.63) is 82.9 Å². The number of carbonyl (C=O) groups excluding carboxylic acids is 1. The van der Waals surface area contributed by atoms with E-state index in [0.717, 1.165) is 34.1 Å². The molecule has 6 nitrogen and oxygen atoms in total. The zero-order valence-corrected chi connectivity index (χ0v) is 17.6. The lowest BCUT2D eigenvalue weighted by atomic mass is 9.94. The molecule has 0 bridgehead atoms. The molecule has 0 fully saturated rings. The first-order valence-electron chi connectivity index (χ1n) is 9.94. The highest BCUT2D eigenvalue weighted by Gasteiger charge is 2.10. The first kappa shape index (κ1) is 21.9. The van der Waals surface area contributed by atoms with Crippen LogP contribution in [0.4, 0.5) is 4.79 Å². The van der Waals surface area contributed by atoms with Gasteiger partial charge in [-0.25, -0.2) is 4.79 Å². The molecule has 0 saturated heterocycles. The van der Waals surface area contributed by atoms with Gasteiger partial charge < -0.3 is 19.9 Å². The molecule has 3 aromatic rings. The number of ether oxygens (including phenoxy) is 2. The summed E-state index contributed by atoms with van der Waals surface area (Å²) in [5.41, 5.74) is 6.02. The van der Waals surface area contributed by atoms with Gasteiger partial charge in [0.15, 0.2) is 0 Å². The average molecular weight is 419 g/mol. The number of aldehydes is 1. The van der Waals surface area contributed by atoms with Crippen molar-refractivity contribution in [2.24, 2.45) is 0 Å². The Morgan fingerprint density at radius 1 is 0.968 bits per heavy atom. The van der Waals surface area contributed by atoms with Gasteiger partial charge in [-0.1, -0.05) is 18.2 Å². The monoisotopic (exact) mass is 419 g/mol. The van der Waals surface area contributed by atoms with E-state index in [2.05, 4.69) is 17.4 Å². The standard InChI is InChI=1S/C25H25NO5/c1-17-12-23(30-11-10-26-25(28)29)13-18(2)24(17)21-5-3-4-20(14-21)16-31-22-8-6-19(15-27)7-9-22/h3-9,12-15,26H,10-11,16H2,1-2H3,(H,28,29). The molecule has 0 unspecified atom stereocenters. The van der Waals surface area contributed by atoms with E-state index in [1.165, 1.54) is 0 Å². The molecule has 0 aliphatic heterocycles. The predicted molar refractivity (Wildman–Crippen MR) is 119 cm³/mol. The fourth-order valence-electron chi connectivity index (χ4n) is 3.42. The van der Waals surface area contributed by atoms with Crippen LogP contribution in [0.15, 0.2) is 60.7 Å². The van der Waals surface area contributed by atoms with Crippen LogP contribution < -0.4 is 14.8 Å². The van der Waals surface area contributed by atoms with E-state index in [-0.39, 0.29) is 13.2 Å². The third kappa shape index (κ3) is 6.09. The summed E-state index contributed by atoms with van der Waals surface area (Å²) < 4.78 is 11.5. The molecule has 0 aliphatic rings. The van der Waals surface area contributed by atoms with Gasteiger partial charge in [0, 0.05) is 5.56 Å². The molecule has 0 aliphatic carbocycles. The summed E-state index contributed by atoms with van der Waals surface area (Å²) in [6.45, 7) is 4.98. The molecular weight excluding hydrogens is 394 g/mol. The summed E-state index contributed by atoms with van der Waals surface area (Å²) >= 11 is 0. The fraction of sp³-hybridized carbons (Fsp3) is 0.200. The van der Waals surface area contributed by atoms with E-state index in [1.807, 2.05) is 38.1 Å². The topological polar surface area (TPSA) is 84.9 Å². The van der Waals surface area contributed by atoms with Gasteiger partial charge in [-0.15, -0.1) is 0 Å². The van der Waals surface area contributed by atoms with Crippen LogP contribution >= 0.6 is 0 Å². The van der Waals surface area contributed by atoms with Crippen LogP contribution in [0, 0.1) is 13.8 Å². The molecule has 0 aromatic heterocycles. The van der Waals surface area contributed by atoms with Crippen LogP contribution in [0.2, 0.25) is 0 Å². The van der Waals surface area contributed by atoms with E-state index in [1.54, 1.807) is 24.3 Å². The van der Waals surface area contributed by atoms with Gasteiger partial charge in [-0.2, -0.15) is 0 Å². The molecule has 2 N–H and O–H groups in total. The minimum absolute atomic E-state index is 0.231. The summed E-state index contributed by atoms with van der Waals surface area (Å²) in [4.78, 5) is 21.3. The zero-order valence-electron chi connectivity index (χ0n) is 17.6. The van der Waals surface area contributed by atoms with Gasteiger partial charge in [0.25, 0.3) is 0 Å². The fourth-order valence-corrected chi connectivity index (χ4v) is 3.42. The number of hydrogen-bond acceptors (Lipinski definition) is 4. The second kappa shape index (κ2) is 10.3. The molecule has 0 spiro atoms. The molecule has 0 atom stereocenters. The second-order valence-electron chi connectivity index (χ2n) is 7.19. The number of amides is 1. The van der Waals surface area contributed by atoms with Crippen LogP contribution in [-0.4, -0.2) is 30.6 Å². The number of carboxylic acid groups (broad SMARTS) is 1. The zero-order chi connectivity index (χ0) is 22.2. The summed E-state index contributed by atoms with van der Waals surface area (Å²) in [7, 11) is 0. The second-order valence-corrected chi connectivity index (χ2v) is 7.19. The smallest absolute Gasteiger partial charge is 0.404 e. The molecule has 0 saturated carbocycles. The maximum atomic E-state index is 10.8. The number of carbonyl (C=O) groups is 2. The average Bonchev–Trinajstić information content (AvgIpc) is 2.75. The Balaban J connectivity index is 1.70. The van der Waals surface area contributed by atoms with E-state index in [4.69, 9.17) is 14.6 Å². The molecule has 31 heavy (non-hydrogen) atoms. The highest BCUT2D eigenvalue weighted by atomic mass is 16.5. The molecule has 160 valence electrons. The van der Waals surface area contributed by atoms with Crippen molar-refractivity contribution < 1.29 is 24.2 Å². The Labute approximate surface area is 181 Å². The van der Waals surface area contributed by atoms with Crippen molar-refractivity contribution >= 4 is 12.4 Å². The first-order valence-corrected chi connectivity index (χ1v) is 9.94. The largest absolute Gasteiger partial charge is 0.492 e. The first-order chi connectivity index (χ1) is 15.0. The highest BCUT2D eigenvalue weighted by Crippen LogP contribution is 2.31. The molecule has 0 heterocycles. The van der Waals surface area contributed by atoms with Gasteiger partial charge in [-0.3, -0.25) is 4.79 Å². The van der Waals surface area contributed by atoms with E-state index in [9.17, 15) is 9.59 Å². The number of hydrogen-bond donors (Lipinski definition) is 2. The van der Waals surface area contributed by atoms with Gasteiger partial charge in [0.2, 0.25) is 0 Å². The minimum atomic E-state index is -1.06. The molecular formula is C25H25NO5. The molecule has 3 aromatic carbocycles. The third-order valence-electron chi connectivity index (χ3n) is 4.79. The summed E-state index contributed by atoms with van der Waals surface area (Å²) in [6.07, 6.45) is -0.255. The van der Waals surface area contributed by atoms with Gasteiger partial charge in [0.1, 0.15) is 31.0 Å². The number of benzene rings is 3. The van der Waals surface area contributed by atoms with Crippen LogP contribution in [0.25, 0.3) is 11.1 Å². The van der Waals surface area contributed by atoms with Crippen LogP contribution in [0.1, 0.15) is 27.0 Å². The quantitative estimate of drug-likeness (QED) is 0.376.